The van der Waals surface area contributed by atoms with Crippen LogP contribution in [-0.2, 0) is 0 Å². The van der Waals surface area contributed by atoms with Crippen LogP contribution in [0.25, 0.3) is 11.4 Å². The number of nitrogens with zero attached hydrogens (tertiary/aromatic N) is 5. The van der Waals surface area contributed by atoms with Gasteiger partial charge in [-0.3, -0.25) is 4.79 Å². The van der Waals surface area contributed by atoms with Crippen LogP contribution in [0.4, 0.5) is 5.95 Å². The molecular formula is C19H24N6O2. The minimum Gasteiger partial charge on any atom is -0.467 e. The molecule has 8 nitrogen and oxygen atoms in total. The monoisotopic (exact) mass is 368 g/mol. The van der Waals surface area contributed by atoms with Crippen molar-refractivity contribution in [3.05, 3.63) is 29.8 Å². The van der Waals surface area contributed by atoms with Gasteiger partial charge in [0, 0.05) is 43.3 Å². The van der Waals surface area contributed by atoms with E-state index in [0.29, 0.717) is 23.4 Å². The molecule has 1 saturated heterocycles. The summed E-state index contributed by atoms with van der Waals surface area (Å²) in [6.45, 7) is 3.34. The van der Waals surface area contributed by atoms with Gasteiger partial charge in [-0.2, -0.15) is 15.0 Å². The predicted molar refractivity (Wildman–Crippen MR) is 102 cm³/mol. The number of methoxy groups -OCH3 is 1. The highest BCUT2D eigenvalue weighted by molar-refractivity contribution is 5.94. The van der Waals surface area contributed by atoms with E-state index in [4.69, 9.17) is 4.74 Å². The molecule has 1 N–H and O–H groups in total. The van der Waals surface area contributed by atoms with Crippen molar-refractivity contribution in [1.29, 1.82) is 0 Å². The second-order valence-corrected chi connectivity index (χ2v) is 7.06. The standard InChI is InChI=1S/C19H24N6O2/c1-24-9-11-25(12-10-24)17(26)14-5-3-13(4-6-14)16-21-18(20-15-7-8-15)23-19(22-16)27-2/h3-6,15H,7-12H2,1-2H3,(H,20,21,22,23). The number of carbonyl (C=O) groups excluding carboxylic acids is 1. The topological polar surface area (TPSA) is 83.5 Å². The van der Waals surface area contributed by atoms with Crippen molar-refractivity contribution in [2.45, 2.75) is 18.9 Å². The first-order valence-electron chi connectivity index (χ1n) is 9.27. The van der Waals surface area contributed by atoms with E-state index < -0.39 is 0 Å². The summed E-state index contributed by atoms with van der Waals surface area (Å²) in [5, 5.41) is 3.27. The van der Waals surface area contributed by atoms with E-state index in [1.165, 1.54) is 7.11 Å². The van der Waals surface area contributed by atoms with Crippen LogP contribution in [0.15, 0.2) is 24.3 Å². The number of benzene rings is 1. The van der Waals surface area contributed by atoms with Crippen molar-refractivity contribution >= 4 is 11.9 Å². The fourth-order valence-electron chi connectivity index (χ4n) is 3.01. The fourth-order valence-corrected chi connectivity index (χ4v) is 3.01. The number of anilines is 1. The Morgan fingerprint density at radius 3 is 2.41 bits per heavy atom. The molecule has 0 atom stereocenters. The number of likely N-dealkylation sites (N-methyl/N-ethyl adjacent to an activating group) is 1. The SMILES string of the molecule is COc1nc(NC2CC2)nc(-c2ccc(C(=O)N3CCN(C)CC3)cc2)n1. The molecule has 1 aromatic carbocycles. The Morgan fingerprint density at radius 1 is 1.07 bits per heavy atom. The molecule has 1 aliphatic carbocycles. The van der Waals surface area contributed by atoms with Gasteiger partial charge in [-0.15, -0.1) is 0 Å². The molecule has 1 aliphatic heterocycles. The average Bonchev–Trinajstić information content (AvgIpc) is 3.52. The Bertz CT molecular complexity index is 813. The zero-order valence-electron chi connectivity index (χ0n) is 15.7. The summed E-state index contributed by atoms with van der Waals surface area (Å²) in [7, 11) is 3.61. The van der Waals surface area contributed by atoms with Crippen molar-refractivity contribution < 1.29 is 9.53 Å². The van der Waals surface area contributed by atoms with Gasteiger partial charge in [0.05, 0.1) is 7.11 Å². The summed E-state index contributed by atoms with van der Waals surface area (Å²) >= 11 is 0. The molecule has 0 spiro atoms. The van der Waals surface area contributed by atoms with Crippen LogP contribution >= 0.6 is 0 Å². The van der Waals surface area contributed by atoms with E-state index >= 15 is 0 Å². The zero-order chi connectivity index (χ0) is 18.8. The van der Waals surface area contributed by atoms with Crippen LogP contribution in [0.3, 0.4) is 0 Å². The number of carbonyl (C=O) groups is 1. The maximum Gasteiger partial charge on any atom is 0.321 e. The second kappa shape index (κ2) is 7.48. The third-order valence-corrected chi connectivity index (χ3v) is 4.89. The molecule has 4 rings (SSSR count). The number of hydrogen-bond donors (Lipinski definition) is 1. The van der Waals surface area contributed by atoms with Crippen molar-refractivity contribution in [1.82, 2.24) is 24.8 Å². The zero-order valence-corrected chi connectivity index (χ0v) is 15.7. The highest BCUT2D eigenvalue weighted by Gasteiger charge is 2.23. The minimum absolute atomic E-state index is 0.0685. The van der Waals surface area contributed by atoms with Gasteiger partial charge in [-0.05, 0) is 32.0 Å². The molecule has 142 valence electrons. The first-order chi connectivity index (χ1) is 13.1. The van der Waals surface area contributed by atoms with Crippen molar-refractivity contribution in [2.75, 3.05) is 45.7 Å². The lowest BCUT2D eigenvalue weighted by atomic mass is 10.1. The molecule has 2 aromatic rings. The van der Waals surface area contributed by atoms with E-state index in [0.717, 1.165) is 44.6 Å². The maximum atomic E-state index is 12.7. The van der Waals surface area contributed by atoms with Gasteiger partial charge >= 0.3 is 6.01 Å². The van der Waals surface area contributed by atoms with Gasteiger partial charge in [0.15, 0.2) is 5.82 Å². The van der Waals surface area contributed by atoms with Gasteiger partial charge in [0.1, 0.15) is 0 Å². The van der Waals surface area contributed by atoms with E-state index in [1.54, 1.807) is 0 Å². The molecule has 2 aliphatic rings. The molecule has 1 amide bonds. The highest BCUT2D eigenvalue weighted by atomic mass is 16.5. The number of nitrogens with one attached hydrogen (secondary N) is 1. The molecule has 27 heavy (non-hydrogen) atoms. The van der Waals surface area contributed by atoms with Crippen LogP contribution in [-0.4, -0.2) is 77.0 Å². The summed E-state index contributed by atoms with van der Waals surface area (Å²) < 4.78 is 5.20. The molecule has 2 heterocycles. The Kier molecular flexibility index (Phi) is 4.89. The smallest absolute Gasteiger partial charge is 0.321 e. The first kappa shape index (κ1) is 17.7. The number of hydrogen-bond acceptors (Lipinski definition) is 7. The molecule has 1 aromatic heterocycles. The Hall–Kier alpha value is -2.74. The summed E-state index contributed by atoms with van der Waals surface area (Å²) in [6.07, 6.45) is 2.26. The summed E-state index contributed by atoms with van der Waals surface area (Å²) in [4.78, 5) is 29.9. The van der Waals surface area contributed by atoms with E-state index in [2.05, 4.69) is 32.2 Å². The van der Waals surface area contributed by atoms with Gasteiger partial charge in [-0.25, -0.2) is 0 Å². The number of amides is 1. The molecule has 0 unspecified atom stereocenters. The number of aromatic nitrogens is 3. The van der Waals surface area contributed by atoms with Crippen LogP contribution < -0.4 is 10.1 Å². The predicted octanol–water partition coefficient (Wildman–Crippen LogP) is 1.51. The van der Waals surface area contributed by atoms with Gasteiger partial charge in [-0.1, -0.05) is 12.1 Å². The second-order valence-electron chi connectivity index (χ2n) is 7.06. The van der Waals surface area contributed by atoms with Gasteiger partial charge in [0.2, 0.25) is 5.95 Å². The Balaban J connectivity index is 1.52. The molecule has 8 heteroatoms. The molecule has 1 saturated carbocycles. The summed E-state index contributed by atoms with van der Waals surface area (Å²) in [6, 6.07) is 8.13. The molecule has 2 fully saturated rings. The third kappa shape index (κ3) is 4.16. The molecule has 0 bridgehead atoms. The largest absolute Gasteiger partial charge is 0.467 e. The Labute approximate surface area is 158 Å². The van der Waals surface area contributed by atoms with Crippen LogP contribution in [0.5, 0.6) is 6.01 Å². The summed E-state index contributed by atoms with van der Waals surface area (Å²) in [5.74, 6) is 1.12. The number of rotatable bonds is 5. The summed E-state index contributed by atoms with van der Waals surface area (Å²) in [5.41, 5.74) is 1.50. The van der Waals surface area contributed by atoms with Gasteiger partial charge < -0.3 is 19.9 Å². The molecule has 0 radical (unpaired) electrons. The van der Waals surface area contributed by atoms with E-state index in [9.17, 15) is 4.79 Å². The lowest BCUT2D eigenvalue weighted by Gasteiger charge is -2.32. The normalized spacial score (nSPS) is 17.6. The number of piperazine rings is 1. The minimum atomic E-state index is 0.0685. The first-order valence-corrected chi connectivity index (χ1v) is 9.27. The van der Waals surface area contributed by atoms with Crippen LogP contribution in [0.1, 0.15) is 23.2 Å². The van der Waals surface area contributed by atoms with Crippen molar-refractivity contribution in [3.63, 3.8) is 0 Å². The van der Waals surface area contributed by atoms with Crippen LogP contribution in [0, 0.1) is 0 Å². The Morgan fingerprint density at radius 2 is 1.78 bits per heavy atom. The van der Waals surface area contributed by atoms with E-state index in [-0.39, 0.29) is 11.9 Å². The lowest BCUT2D eigenvalue weighted by Crippen LogP contribution is -2.47. The quantitative estimate of drug-likeness (QED) is 0.856. The van der Waals surface area contributed by atoms with Crippen LogP contribution in [0.2, 0.25) is 0 Å². The van der Waals surface area contributed by atoms with Gasteiger partial charge in [0.25, 0.3) is 5.91 Å². The number of ether oxygens (including phenoxy) is 1. The lowest BCUT2D eigenvalue weighted by molar-refractivity contribution is 0.0664. The van der Waals surface area contributed by atoms with Crippen molar-refractivity contribution in [2.24, 2.45) is 0 Å². The van der Waals surface area contributed by atoms with E-state index in [1.807, 2.05) is 29.2 Å². The maximum absolute atomic E-state index is 12.7. The van der Waals surface area contributed by atoms with Crippen molar-refractivity contribution in [3.8, 4) is 17.4 Å². The highest BCUT2D eigenvalue weighted by Crippen LogP contribution is 2.25. The fraction of sp³-hybridized carbons (Fsp3) is 0.474. The average molecular weight is 368 g/mol. The molecular weight excluding hydrogens is 344 g/mol. The third-order valence-electron chi connectivity index (χ3n) is 4.89.